The molecule has 0 unspecified atom stereocenters. The summed E-state index contributed by atoms with van der Waals surface area (Å²) in [6.07, 6.45) is 1.48. The second-order valence-corrected chi connectivity index (χ2v) is 4.01. The Labute approximate surface area is 113 Å². The summed E-state index contributed by atoms with van der Waals surface area (Å²) >= 11 is 0. The van der Waals surface area contributed by atoms with Crippen LogP contribution in [0.4, 0.5) is 4.39 Å². The molecule has 0 spiro atoms. The molecule has 0 fully saturated rings. The van der Waals surface area contributed by atoms with Crippen LogP contribution < -0.4 is 0 Å². The van der Waals surface area contributed by atoms with E-state index in [1.807, 2.05) is 20.9 Å². The SMILES string of the molecule is CC(C)c1cc(F)c[c-]c1-c1ncnn1C.[Ir]. The molecule has 0 saturated carbocycles. The van der Waals surface area contributed by atoms with Crippen molar-refractivity contribution in [2.45, 2.75) is 19.8 Å². The van der Waals surface area contributed by atoms with Gasteiger partial charge in [-0.25, -0.2) is 0 Å². The molecular weight excluding hydrogens is 397 g/mol. The minimum atomic E-state index is -0.269. The molecule has 5 heteroatoms. The van der Waals surface area contributed by atoms with E-state index in [1.165, 1.54) is 18.5 Å². The molecule has 17 heavy (non-hydrogen) atoms. The molecular formula is C12H13FIrN3-. The Morgan fingerprint density at radius 3 is 2.65 bits per heavy atom. The molecule has 0 aliphatic heterocycles. The van der Waals surface area contributed by atoms with E-state index in [4.69, 9.17) is 0 Å². The summed E-state index contributed by atoms with van der Waals surface area (Å²) in [5.74, 6) is 0.664. The summed E-state index contributed by atoms with van der Waals surface area (Å²) in [4.78, 5) is 4.16. The van der Waals surface area contributed by atoms with Crippen LogP contribution in [0.25, 0.3) is 11.4 Å². The van der Waals surface area contributed by atoms with Crippen molar-refractivity contribution < 1.29 is 24.5 Å². The predicted molar refractivity (Wildman–Crippen MR) is 59.3 cm³/mol. The second-order valence-electron chi connectivity index (χ2n) is 4.01. The minimum Gasteiger partial charge on any atom is -0.289 e. The number of hydrogen-bond acceptors (Lipinski definition) is 2. The summed E-state index contributed by atoms with van der Waals surface area (Å²) in [6, 6.07) is 5.79. The van der Waals surface area contributed by atoms with E-state index in [0.29, 0.717) is 5.82 Å². The normalized spacial score (nSPS) is 10.4. The Morgan fingerprint density at radius 1 is 1.41 bits per heavy atom. The molecule has 2 rings (SSSR count). The molecule has 0 amide bonds. The van der Waals surface area contributed by atoms with Crippen LogP contribution in [0.15, 0.2) is 18.5 Å². The van der Waals surface area contributed by atoms with E-state index in [9.17, 15) is 4.39 Å². The Kier molecular flexibility index (Phi) is 4.54. The van der Waals surface area contributed by atoms with Crippen molar-refractivity contribution in [2.75, 3.05) is 0 Å². The summed E-state index contributed by atoms with van der Waals surface area (Å²) < 4.78 is 14.8. The van der Waals surface area contributed by atoms with Crippen molar-refractivity contribution in [2.24, 2.45) is 7.05 Å². The average molecular weight is 410 g/mol. The molecule has 1 heterocycles. The third-order valence-corrected chi connectivity index (χ3v) is 2.49. The molecule has 0 atom stereocenters. The molecule has 93 valence electrons. The van der Waals surface area contributed by atoms with Gasteiger partial charge in [-0.3, -0.25) is 14.1 Å². The minimum absolute atomic E-state index is 0. The summed E-state index contributed by atoms with van der Waals surface area (Å²) in [5, 5.41) is 4.01. The number of benzene rings is 1. The Morgan fingerprint density at radius 2 is 2.12 bits per heavy atom. The molecule has 1 radical (unpaired) electrons. The number of halogens is 1. The van der Waals surface area contributed by atoms with Crippen molar-refractivity contribution in [1.29, 1.82) is 0 Å². The van der Waals surface area contributed by atoms with Crippen LogP contribution in [0.1, 0.15) is 25.3 Å². The number of aryl methyl sites for hydroxylation is 1. The molecule has 0 saturated heterocycles. The molecule has 1 aromatic carbocycles. The largest absolute Gasteiger partial charge is 0.289 e. The van der Waals surface area contributed by atoms with Crippen LogP contribution in [0.5, 0.6) is 0 Å². The zero-order valence-corrected chi connectivity index (χ0v) is 12.3. The van der Waals surface area contributed by atoms with Gasteiger partial charge in [0.1, 0.15) is 6.33 Å². The van der Waals surface area contributed by atoms with Crippen LogP contribution >= 0.6 is 0 Å². The van der Waals surface area contributed by atoms with Gasteiger partial charge < -0.3 is 0 Å². The van der Waals surface area contributed by atoms with E-state index >= 15 is 0 Å². The van der Waals surface area contributed by atoms with E-state index in [0.717, 1.165) is 11.1 Å². The average Bonchev–Trinajstić information content (AvgIpc) is 2.64. The Bertz CT molecular complexity index is 508. The van der Waals surface area contributed by atoms with Crippen LogP contribution in [-0.4, -0.2) is 14.8 Å². The Balaban J connectivity index is 0.00000144. The van der Waals surface area contributed by atoms with Crippen LogP contribution in [-0.2, 0) is 27.2 Å². The first kappa shape index (κ1) is 14.0. The van der Waals surface area contributed by atoms with Gasteiger partial charge in [-0.15, -0.1) is 29.3 Å². The van der Waals surface area contributed by atoms with Crippen molar-refractivity contribution in [3.05, 3.63) is 35.9 Å². The van der Waals surface area contributed by atoms with Gasteiger partial charge in [-0.1, -0.05) is 19.8 Å². The monoisotopic (exact) mass is 411 g/mol. The zero-order chi connectivity index (χ0) is 11.7. The first-order valence-electron chi connectivity index (χ1n) is 5.15. The zero-order valence-electron chi connectivity index (χ0n) is 9.86. The van der Waals surface area contributed by atoms with E-state index in [2.05, 4.69) is 16.1 Å². The van der Waals surface area contributed by atoms with Crippen LogP contribution in [0, 0.1) is 11.9 Å². The van der Waals surface area contributed by atoms with Gasteiger partial charge in [-0.2, -0.15) is 5.10 Å². The fourth-order valence-corrected chi connectivity index (χ4v) is 1.66. The first-order chi connectivity index (χ1) is 7.59. The fraction of sp³-hybridized carbons (Fsp3) is 0.333. The molecule has 0 N–H and O–H groups in total. The van der Waals surface area contributed by atoms with Gasteiger partial charge in [0, 0.05) is 33.0 Å². The Hall–Kier alpha value is -1.06. The molecule has 0 bridgehead atoms. The molecule has 2 aromatic rings. The van der Waals surface area contributed by atoms with Crippen molar-refractivity contribution in [3.63, 3.8) is 0 Å². The van der Waals surface area contributed by atoms with Crippen molar-refractivity contribution in [1.82, 2.24) is 14.8 Å². The predicted octanol–water partition coefficient (Wildman–Crippen LogP) is 2.54. The molecule has 1 aromatic heterocycles. The third kappa shape index (κ3) is 2.79. The van der Waals surface area contributed by atoms with E-state index in [1.54, 1.807) is 4.68 Å². The van der Waals surface area contributed by atoms with Gasteiger partial charge in [-0.05, 0) is 0 Å². The first-order valence-corrected chi connectivity index (χ1v) is 5.15. The topological polar surface area (TPSA) is 30.7 Å². The fourth-order valence-electron chi connectivity index (χ4n) is 1.66. The van der Waals surface area contributed by atoms with Gasteiger partial charge in [0.25, 0.3) is 0 Å². The molecule has 0 aliphatic rings. The van der Waals surface area contributed by atoms with Crippen molar-refractivity contribution >= 4 is 0 Å². The summed E-state index contributed by atoms with van der Waals surface area (Å²) in [6.45, 7) is 4.03. The summed E-state index contributed by atoms with van der Waals surface area (Å²) in [5.41, 5.74) is 1.72. The smallest absolute Gasteiger partial charge is 0.127 e. The van der Waals surface area contributed by atoms with Gasteiger partial charge in [0.2, 0.25) is 0 Å². The van der Waals surface area contributed by atoms with Crippen LogP contribution in [0.3, 0.4) is 0 Å². The maximum Gasteiger partial charge on any atom is 0.127 e. The van der Waals surface area contributed by atoms with Gasteiger partial charge in [0.15, 0.2) is 0 Å². The number of aromatic nitrogens is 3. The van der Waals surface area contributed by atoms with E-state index in [-0.39, 0.29) is 31.8 Å². The maximum absolute atomic E-state index is 13.2. The quantitative estimate of drug-likeness (QED) is 0.713. The number of rotatable bonds is 2. The summed E-state index contributed by atoms with van der Waals surface area (Å²) in [7, 11) is 1.81. The third-order valence-electron chi connectivity index (χ3n) is 2.49. The standard InChI is InChI=1S/C12H13FN3.Ir/c1-8(2)11-6-9(13)4-5-10(11)12-14-7-15-16(12)3;/h4,6-8H,1-3H3;/q-1;. The second kappa shape index (κ2) is 5.52. The maximum atomic E-state index is 13.2. The van der Waals surface area contributed by atoms with Gasteiger partial charge >= 0.3 is 0 Å². The van der Waals surface area contributed by atoms with Crippen molar-refractivity contribution in [3.8, 4) is 11.4 Å². The number of hydrogen-bond donors (Lipinski definition) is 0. The number of nitrogens with zero attached hydrogens (tertiary/aromatic N) is 3. The van der Waals surface area contributed by atoms with Crippen LogP contribution in [0.2, 0.25) is 0 Å². The molecule has 3 nitrogen and oxygen atoms in total. The van der Waals surface area contributed by atoms with Gasteiger partial charge in [0.05, 0.1) is 5.82 Å². The molecule has 0 aliphatic carbocycles. The van der Waals surface area contributed by atoms with E-state index < -0.39 is 0 Å².